The van der Waals surface area contributed by atoms with Gasteiger partial charge in [-0.05, 0) is 42.6 Å². The second-order valence-electron chi connectivity index (χ2n) is 5.31. The lowest BCUT2D eigenvalue weighted by Gasteiger charge is -2.19. The molecule has 2 aromatic heterocycles. The molecule has 21 heavy (non-hydrogen) atoms. The molecule has 0 radical (unpaired) electrons. The van der Waals surface area contributed by atoms with Gasteiger partial charge in [0, 0.05) is 19.8 Å². The number of likely N-dealkylation sites (N-methyl/N-ethyl adjacent to an activating group) is 1. The first-order chi connectivity index (χ1) is 10.0. The van der Waals surface area contributed by atoms with Gasteiger partial charge in [-0.2, -0.15) is 10.2 Å². The Morgan fingerprint density at radius 2 is 2.19 bits per heavy atom. The molecule has 0 amide bonds. The number of aryl methyl sites for hydroxylation is 1. The second-order valence-corrected chi connectivity index (χ2v) is 6.16. The van der Waals surface area contributed by atoms with Gasteiger partial charge in [0.15, 0.2) is 0 Å². The van der Waals surface area contributed by atoms with Crippen LogP contribution in [0.5, 0.6) is 0 Å². The summed E-state index contributed by atoms with van der Waals surface area (Å²) in [7, 11) is 6.07. The fourth-order valence-corrected chi connectivity index (χ4v) is 2.79. The Morgan fingerprint density at radius 1 is 1.43 bits per heavy atom. The molecule has 0 bridgehead atoms. The fourth-order valence-electron chi connectivity index (χ4n) is 2.26. The van der Waals surface area contributed by atoms with Crippen molar-refractivity contribution in [3.63, 3.8) is 0 Å². The number of rotatable bonds is 7. The number of halogens is 1. The van der Waals surface area contributed by atoms with Crippen molar-refractivity contribution in [1.29, 1.82) is 0 Å². The molecule has 0 saturated carbocycles. The van der Waals surface area contributed by atoms with Crippen LogP contribution in [0.2, 0.25) is 0 Å². The van der Waals surface area contributed by atoms with E-state index < -0.39 is 0 Å². The summed E-state index contributed by atoms with van der Waals surface area (Å²) < 4.78 is 4.89. The maximum absolute atomic E-state index is 4.54. The molecule has 2 heterocycles. The molecule has 1 unspecified atom stereocenters. The van der Waals surface area contributed by atoms with Crippen LogP contribution in [-0.4, -0.2) is 51.6 Å². The summed E-state index contributed by atoms with van der Waals surface area (Å²) in [6, 6.07) is 2.08. The molecule has 7 heteroatoms. The summed E-state index contributed by atoms with van der Waals surface area (Å²) in [5, 5.41) is 12.5. The van der Waals surface area contributed by atoms with Crippen LogP contribution in [-0.2, 0) is 13.6 Å². The average Bonchev–Trinajstić information content (AvgIpc) is 3.00. The SMILES string of the molecule is CCNC(c1ccn(C)n1)c1c(Br)cnn1CCN(C)C. The Labute approximate surface area is 134 Å². The first-order valence-corrected chi connectivity index (χ1v) is 7.91. The Balaban J connectivity index is 2.33. The lowest BCUT2D eigenvalue weighted by molar-refractivity contribution is 0.365. The summed E-state index contributed by atoms with van der Waals surface area (Å²) >= 11 is 3.63. The molecule has 1 N–H and O–H groups in total. The Hall–Kier alpha value is -1.18. The highest BCUT2D eigenvalue weighted by molar-refractivity contribution is 9.10. The zero-order valence-corrected chi connectivity index (χ0v) is 14.6. The number of aromatic nitrogens is 4. The van der Waals surface area contributed by atoms with Gasteiger partial charge in [0.25, 0.3) is 0 Å². The quantitative estimate of drug-likeness (QED) is 0.821. The molecule has 0 aliphatic heterocycles. The van der Waals surface area contributed by atoms with E-state index in [0.717, 1.165) is 35.5 Å². The molecule has 0 spiro atoms. The van der Waals surface area contributed by atoms with Crippen molar-refractivity contribution in [3.8, 4) is 0 Å². The van der Waals surface area contributed by atoms with Crippen molar-refractivity contribution in [2.45, 2.75) is 19.5 Å². The number of nitrogens with one attached hydrogen (secondary N) is 1. The molecule has 2 aromatic rings. The molecule has 0 fully saturated rings. The van der Waals surface area contributed by atoms with Crippen molar-refractivity contribution >= 4 is 15.9 Å². The number of hydrogen-bond donors (Lipinski definition) is 1. The lowest BCUT2D eigenvalue weighted by atomic mass is 10.1. The van der Waals surface area contributed by atoms with E-state index >= 15 is 0 Å². The van der Waals surface area contributed by atoms with Crippen LogP contribution in [0.1, 0.15) is 24.4 Å². The van der Waals surface area contributed by atoms with Crippen LogP contribution in [0.3, 0.4) is 0 Å². The highest BCUT2D eigenvalue weighted by Crippen LogP contribution is 2.27. The zero-order valence-electron chi connectivity index (χ0n) is 13.0. The third-order valence-electron chi connectivity index (χ3n) is 3.30. The molecule has 6 nitrogen and oxygen atoms in total. The van der Waals surface area contributed by atoms with Crippen LogP contribution in [0.4, 0.5) is 0 Å². The van der Waals surface area contributed by atoms with Gasteiger partial charge in [-0.25, -0.2) is 0 Å². The molecule has 2 rings (SSSR count). The normalized spacial score (nSPS) is 13.0. The molecule has 0 aliphatic rings. The summed E-state index contributed by atoms with van der Waals surface area (Å²) in [6.45, 7) is 4.77. The van der Waals surface area contributed by atoms with E-state index in [0.29, 0.717) is 0 Å². The smallest absolute Gasteiger partial charge is 0.0952 e. The van der Waals surface area contributed by atoms with E-state index in [-0.39, 0.29) is 6.04 Å². The standard InChI is InChI=1S/C14H23BrN6/c1-5-16-13(12-6-7-20(4)18-12)14-11(15)10-17-21(14)9-8-19(2)3/h6-7,10,13,16H,5,8-9H2,1-4H3. The van der Waals surface area contributed by atoms with Crippen molar-refractivity contribution in [1.82, 2.24) is 29.8 Å². The summed E-state index contributed by atoms with van der Waals surface area (Å²) in [6.07, 6.45) is 3.83. The minimum absolute atomic E-state index is 0.0373. The second kappa shape index (κ2) is 7.20. The van der Waals surface area contributed by atoms with Crippen LogP contribution < -0.4 is 5.32 Å². The number of hydrogen-bond acceptors (Lipinski definition) is 4. The topological polar surface area (TPSA) is 50.9 Å². The van der Waals surface area contributed by atoms with E-state index in [1.807, 2.05) is 34.9 Å². The minimum atomic E-state index is 0.0373. The zero-order chi connectivity index (χ0) is 15.4. The van der Waals surface area contributed by atoms with E-state index in [1.54, 1.807) is 0 Å². The van der Waals surface area contributed by atoms with Crippen LogP contribution >= 0.6 is 15.9 Å². The van der Waals surface area contributed by atoms with Crippen molar-refractivity contribution in [2.24, 2.45) is 7.05 Å². The minimum Gasteiger partial charge on any atom is -0.308 e. The van der Waals surface area contributed by atoms with E-state index in [9.17, 15) is 0 Å². The summed E-state index contributed by atoms with van der Waals surface area (Å²) in [5.41, 5.74) is 2.13. The molecule has 0 saturated heterocycles. The molecule has 116 valence electrons. The maximum Gasteiger partial charge on any atom is 0.0952 e. The van der Waals surface area contributed by atoms with Gasteiger partial charge in [-0.3, -0.25) is 9.36 Å². The largest absolute Gasteiger partial charge is 0.308 e. The molecular formula is C14H23BrN6. The number of nitrogens with zero attached hydrogens (tertiary/aromatic N) is 5. The van der Waals surface area contributed by atoms with Crippen molar-refractivity contribution in [2.75, 3.05) is 27.2 Å². The molecule has 0 aromatic carbocycles. The molecular weight excluding hydrogens is 332 g/mol. The highest BCUT2D eigenvalue weighted by atomic mass is 79.9. The lowest BCUT2D eigenvalue weighted by Crippen LogP contribution is -2.28. The first kappa shape index (κ1) is 16.2. The van der Waals surface area contributed by atoms with E-state index in [1.165, 1.54) is 0 Å². The van der Waals surface area contributed by atoms with Crippen LogP contribution in [0.25, 0.3) is 0 Å². The molecule has 0 aliphatic carbocycles. The van der Waals surface area contributed by atoms with Gasteiger partial charge in [-0.1, -0.05) is 6.92 Å². The summed E-state index contributed by atoms with van der Waals surface area (Å²) in [5.74, 6) is 0. The van der Waals surface area contributed by atoms with Gasteiger partial charge < -0.3 is 10.2 Å². The van der Waals surface area contributed by atoms with Gasteiger partial charge in [-0.15, -0.1) is 0 Å². The summed E-state index contributed by atoms with van der Waals surface area (Å²) in [4.78, 5) is 2.16. The van der Waals surface area contributed by atoms with Gasteiger partial charge >= 0.3 is 0 Å². The van der Waals surface area contributed by atoms with Crippen LogP contribution in [0, 0.1) is 0 Å². The average molecular weight is 355 g/mol. The third kappa shape index (κ3) is 3.93. The van der Waals surface area contributed by atoms with Crippen molar-refractivity contribution in [3.05, 3.63) is 34.3 Å². The monoisotopic (exact) mass is 354 g/mol. The first-order valence-electron chi connectivity index (χ1n) is 7.11. The predicted octanol–water partition coefficient (Wildman–Crippen LogP) is 1.64. The molecule has 1 atom stereocenters. The Morgan fingerprint density at radius 3 is 2.76 bits per heavy atom. The predicted molar refractivity (Wildman–Crippen MR) is 87.2 cm³/mol. The van der Waals surface area contributed by atoms with Gasteiger partial charge in [0.05, 0.1) is 34.6 Å². The fraction of sp³-hybridized carbons (Fsp3) is 0.571. The third-order valence-corrected chi connectivity index (χ3v) is 3.91. The van der Waals surface area contributed by atoms with Crippen LogP contribution in [0.15, 0.2) is 22.9 Å². The van der Waals surface area contributed by atoms with Gasteiger partial charge in [0.2, 0.25) is 0 Å². The Bertz CT molecular complexity index is 574. The van der Waals surface area contributed by atoms with E-state index in [4.69, 9.17) is 0 Å². The van der Waals surface area contributed by atoms with E-state index in [2.05, 4.69) is 57.4 Å². The maximum atomic E-state index is 4.54. The highest BCUT2D eigenvalue weighted by Gasteiger charge is 2.23. The van der Waals surface area contributed by atoms with Crippen molar-refractivity contribution < 1.29 is 0 Å². The van der Waals surface area contributed by atoms with Gasteiger partial charge in [0.1, 0.15) is 0 Å². The Kier molecular flexibility index (Phi) is 5.55.